The molecule has 5 rings (SSSR count). The van der Waals surface area contributed by atoms with E-state index in [9.17, 15) is 5.11 Å². The highest BCUT2D eigenvalue weighted by Crippen LogP contribution is 2.41. The van der Waals surface area contributed by atoms with Crippen LogP contribution in [0.15, 0.2) is 24.4 Å². The Kier molecular flexibility index (Phi) is 2.26. The van der Waals surface area contributed by atoms with Crippen LogP contribution in [0.1, 0.15) is 24.6 Å². The largest absolute Gasteiger partial charge is 0.359 e. The first kappa shape index (κ1) is 10.9. The van der Waals surface area contributed by atoms with Crippen LogP contribution in [0.5, 0.6) is 0 Å². The minimum atomic E-state index is -1.01. The van der Waals surface area contributed by atoms with E-state index in [4.69, 9.17) is 4.84 Å². The number of piperidine rings is 3. The van der Waals surface area contributed by atoms with Gasteiger partial charge in [0.1, 0.15) is 6.04 Å². The molecule has 5 nitrogen and oxygen atoms in total. The van der Waals surface area contributed by atoms with E-state index in [1.54, 1.807) is 6.20 Å². The minimum Gasteiger partial charge on any atom is -0.359 e. The first-order valence-electron chi connectivity index (χ1n) is 6.70. The second kappa shape index (κ2) is 3.74. The Morgan fingerprint density at radius 1 is 1.39 bits per heavy atom. The summed E-state index contributed by atoms with van der Waals surface area (Å²) in [6, 6.07) is 5.95. The summed E-state index contributed by atoms with van der Waals surface area (Å²) in [5.41, 5.74) is 3.98. The molecule has 0 radical (unpaired) electrons. The second-order valence-electron chi connectivity index (χ2n) is 5.61. The summed E-state index contributed by atoms with van der Waals surface area (Å²) in [4.78, 5) is 11.4. The number of pyridine rings is 1. The molecule has 96 valence electrons. The van der Waals surface area contributed by atoms with Crippen LogP contribution in [-0.2, 0) is 4.84 Å². The van der Waals surface area contributed by atoms with Gasteiger partial charge in [-0.1, -0.05) is 6.07 Å². The zero-order valence-corrected chi connectivity index (χ0v) is 10.2. The van der Waals surface area contributed by atoms with Gasteiger partial charge >= 0.3 is 0 Å². The first-order chi connectivity index (χ1) is 8.79. The van der Waals surface area contributed by atoms with E-state index in [1.807, 2.05) is 18.2 Å². The summed E-state index contributed by atoms with van der Waals surface area (Å²) >= 11 is 0. The molecular weight excluding hydrogens is 230 g/mol. The third-order valence-corrected chi connectivity index (χ3v) is 4.79. The number of hydrogen-bond acceptors (Lipinski definition) is 4. The van der Waals surface area contributed by atoms with Gasteiger partial charge in [-0.3, -0.25) is 9.82 Å². The topological polar surface area (TPSA) is 58.8 Å². The molecule has 0 saturated carbocycles. The van der Waals surface area contributed by atoms with E-state index >= 15 is 0 Å². The molecule has 0 aliphatic carbocycles. The molecule has 4 aliphatic heterocycles. The number of quaternary nitrogens is 1. The molecule has 0 spiro atoms. The Morgan fingerprint density at radius 3 is 2.94 bits per heavy atom. The average Bonchev–Trinajstić information content (AvgIpc) is 2.81. The zero-order chi connectivity index (χ0) is 12.2. The van der Waals surface area contributed by atoms with Crippen molar-refractivity contribution in [1.82, 2.24) is 10.5 Å². The van der Waals surface area contributed by atoms with Crippen LogP contribution in [-0.4, -0.2) is 35.0 Å². The SMILES string of the molecule is O[C@]12ON[C@H](c3ccccn3)[C@H]1[NH+]1CCC2CC1. The van der Waals surface area contributed by atoms with Crippen LogP contribution in [0.25, 0.3) is 0 Å². The molecule has 0 unspecified atom stereocenters. The molecule has 2 bridgehead atoms. The van der Waals surface area contributed by atoms with Gasteiger partial charge in [-0.15, -0.1) is 0 Å². The second-order valence-corrected chi connectivity index (χ2v) is 5.61. The van der Waals surface area contributed by atoms with E-state index in [0.29, 0.717) is 0 Å². The fourth-order valence-electron chi connectivity index (χ4n) is 3.90. The van der Waals surface area contributed by atoms with Crippen molar-refractivity contribution in [3.05, 3.63) is 30.1 Å². The molecule has 4 aliphatic rings. The zero-order valence-electron chi connectivity index (χ0n) is 10.2. The standard InChI is InChI=1S/C13H17N3O2/c17-13-9-4-7-16(8-5-9)12(13)11(15-18-13)10-3-1-2-6-14-10/h1-3,6,9,11-12,15,17H,4-5,7-8H2/p+1/t11-,12-,13-/m1/s1. The highest BCUT2D eigenvalue weighted by Gasteiger charge is 2.65. The van der Waals surface area contributed by atoms with Gasteiger partial charge in [0.25, 0.3) is 0 Å². The molecule has 3 N–H and O–H groups in total. The van der Waals surface area contributed by atoms with E-state index < -0.39 is 5.79 Å². The van der Waals surface area contributed by atoms with Crippen molar-refractivity contribution in [2.75, 3.05) is 13.1 Å². The first-order valence-corrected chi connectivity index (χ1v) is 6.70. The normalized spacial score (nSPS) is 46.1. The summed E-state index contributed by atoms with van der Waals surface area (Å²) in [7, 11) is 0. The maximum atomic E-state index is 10.8. The lowest BCUT2D eigenvalue weighted by molar-refractivity contribution is -0.955. The molecular formula is C13H18N3O2+. The average molecular weight is 248 g/mol. The Hall–Kier alpha value is -1.01. The van der Waals surface area contributed by atoms with Gasteiger partial charge in [0.2, 0.25) is 5.79 Å². The molecule has 18 heavy (non-hydrogen) atoms. The van der Waals surface area contributed by atoms with E-state index in [1.165, 1.54) is 4.90 Å². The van der Waals surface area contributed by atoms with Crippen molar-refractivity contribution < 1.29 is 14.8 Å². The van der Waals surface area contributed by atoms with Crippen molar-refractivity contribution >= 4 is 0 Å². The maximum absolute atomic E-state index is 10.8. The number of nitrogens with zero attached hydrogens (tertiary/aromatic N) is 1. The Balaban J connectivity index is 1.72. The Morgan fingerprint density at radius 2 is 2.22 bits per heavy atom. The van der Waals surface area contributed by atoms with E-state index in [2.05, 4.69) is 10.5 Å². The van der Waals surface area contributed by atoms with Crippen LogP contribution in [0.3, 0.4) is 0 Å². The highest BCUT2D eigenvalue weighted by atomic mass is 16.8. The van der Waals surface area contributed by atoms with Crippen LogP contribution >= 0.6 is 0 Å². The minimum absolute atomic E-state index is 0.00528. The third kappa shape index (κ3) is 1.33. The lowest BCUT2D eigenvalue weighted by Crippen LogP contribution is -3.21. The van der Waals surface area contributed by atoms with Crippen molar-refractivity contribution in [2.24, 2.45) is 5.92 Å². The summed E-state index contributed by atoms with van der Waals surface area (Å²) in [6.45, 7) is 2.26. The molecule has 4 saturated heterocycles. The van der Waals surface area contributed by atoms with Gasteiger partial charge < -0.3 is 10.0 Å². The molecule has 0 aromatic carbocycles. The lowest BCUT2D eigenvalue weighted by Gasteiger charge is -2.48. The van der Waals surface area contributed by atoms with Gasteiger partial charge in [0.15, 0.2) is 6.04 Å². The predicted molar refractivity (Wildman–Crippen MR) is 63.4 cm³/mol. The van der Waals surface area contributed by atoms with Crippen LogP contribution in [0, 0.1) is 5.92 Å². The molecule has 1 aromatic heterocycles. The van der Waals surface area contributed by atoms with Crippen LogP contribution < -0.4 is 10.4 Å². The number of hydroxylamine groups is 1. The molecule has 1 aromatic rings. The van der Waals surface area contributed by atoms with Gasteiger partial charge in [-0.2, -0.15) is 5.48 Å². The summed E-state index contributed by atoms with van der Waals surface area (Å²) in [6.07, 6.45) is 3.90. The summed E-state index contributed by atoms with van der Waals surface area (Å²) in [5, 5.41) is 10.8. The summed E-state index contributed by atoms with van der Waals surface area (Å²) < 4.78 is 0. The van der Waals surface area contributed by atoms with Gasteiger partial charge in [-0.05, 0) is 12.1 Å². The van der Waals surface area contributed by atoms with Crippen molar-refractivity contribution in [3.63, 3.8) is 0 Å². The molecule has 0 amide bonds. The third-order valence-electron chi connectivity index (χ3n) is 4.79. The fourth-order valence-corrected chi connectivity index (χ4v) is 3.90. The van der Waals surface area contributed by atoms with E-state index in [0.717, 1.165) is 31.6 Å². The number of hydrogen-bond donors (Lipinski definition) is 3. The number of aliphatic hydroxyl groups is 1. The fraction of sp³-hybridized carbons (Fsp3) is 0.615. The van der Waals surface area contributed by atoms with Gasteiger partial charge in [0, 0.05) is 25.0 Å². The molecule has 4 fully saturated rings. The number of fused-ring (bicyclic) bond motifs is 2. The smallest absolute Gasteiger partial charge is 0.242 e. The number of rotatable bonds is 1. The highest BCUT2D eigenvalue weighted by molar-refractivity contribution is 5.14. The Bertz CT molecular complexity index is 447. The Labute approximate surface area is 106 Å². The van der Waals surface area contributed by atoms with Crippen LogP contribution in [0.2, 0.25) is 0 Å². The van der Waals surface area contributed by atoms with E-state index in [-0.39, 0.29) is 18.0 Å². The van der Waals surface area contributed by atoms with Crippen molar-refractivity contribution in [3.8, 4) is 0 Å². The number of nitrogens with one attached hydrogen (secondary N) is 2. The van der Waals surface area contributed by atoms with Gasteiger partial charge in [0.05, 0.1) is 18.8 Å². The van der Waals surface area contributed by atoms with Crippen molar-refractivity contribution in [2.45, 2.75) is 30.7 Å². The van der Waals surface area contributed by atoms with Crippen LogP contribution in [0.4, 0.5) is 0 Å². The molecule has 5 heterocycles. The predicted octanol–water partition coefficient (Wildman–Crippen LogP) is -0.977. The summed E-state index contributed by atoms with van der Waals surface area (Å²) in [5.74, 6) is -0.741. The monoisotopic (exact) mass is 248 g/mol. The quantitative estimate of drug-likeness (QED) is 0.598. The number of aromatic nitrogens is 1. The maximum Gasteiger partial charge on any atom is 0.242 e. The van der Waals surface area contributed by atoms with Crippen molar-refractivity contribution in [1.29, 1.82) is 0 Å². The van der Waals surface area contributed by atoms with Gasteiger partial charge in [-0.25, -0.2) is 0 Å². The molecule has 3 atom stereocenters. The molecule has 5 heteroatoms. The lowest BCUT2D eigenvalue weighted by atomic mass is 9.75.